The number of pyridine rings is 2. The second-order valence-corrected chi connectivity index (χ2v) is 8.39. The normalized spacial score (nSPS) is 18.0. The Balaban J connectivity index is 1.66. The summed E-state index contributed by atoms with van der Waals surface area (Å²) in [6.45, 7) is 7.91. The highest BCUT2D eigenvalue weighted by atomic mass is 16.7. The van der Waals surface area contributed by atoms with Gasteiger partial charge in [-0.15, -0.1) is 0 Å². The van der Waals surface area contributed by atoms with E-state index < -0.39 is 5.79 Å². The Kier molecular flexibility index (Phi) is 5.28. The molecule has 1 aromatic carbocycles. The number of aromatic nitrogens is 4. The fourth-order valence-electron chi connectivity index (χ4n) is 4.23. The van der Waals surface area contributed by atoms with Gasteiger partial charge in [0.2, 0.25) is 0 Å². The van der Waals surface area contributed by atoms with Gasteiger partial charge in [0.1, 0.15) is 24.1 Å². The van der Waals surface area contributed by atoms with Crippen LogP contribution < -0.4 is 5.73 Å². The number of benzene rings is 1. The summed E-state index contributed by atoms with van der Waals surface area (Å²) in [6, 6.07) is 10.1. The molecule has 1 unspecified atom stereocenters. The van der Waals surface area contributed by atoms with Crippen LogP contribution in [0.15, 0.2) is 42.7 Å². The number of nitrogen functional groups attached to an aromatic ring is 1. The fourth-order valence-corrected chi connectivity index (χ4v) is 4.23. The highest BCUT2D eigenvalue weighted by molar-refractivity contribution is 6.07. The third-order valence-corrected chi connectivity index (χ3v) is 5.67. The summed E-state index contributed by atoms with van der Waals surface area (Å²) in [7, 11) is 0. The SMILES string of the molecule is CCOCc1nc2c(N)nc3cc(-c4cccnc4)ccc3c2n1CC1COC(C)(C)O1. The zero-order valence-electron chi connectivity index (χ0n) is 18.5. The molecule has 8 nitrogen and oxygen atoms in total. The lowest BCUT2D eigenvalue weighted by atomic mass is 10.0. The van der Waals surface area contributed by atoms with Gasteiger partial charge in [0.05, 0.1) is 24.2 Å². The van der Waals surface area contributed by atoms with E-state index in [4.69, 9.17) is 24.9 Å². The summed E-state index contributed by atoms with van der Waals surface area (Å²) in [5.74, 6) is 0.603. The van der Waals surface area contributed by atoms with E-state index in [0.29, 0.717) is 37.7 Å². The van der Waals surface area contributed by atoms with Crippen LogP contribution in [-0.4, -0.2) is 44.6 Å². The topological polar surface area (TPSA) is 97.3 Å². The number of hydrogen-bond donors (Lipinski definition) is 1. The summed E-state index contributed by atoms with van der Waals surface area (Å²) in [5.41, 5.74) is 10.9. The molecule has 0 spiro atoms. The van der Waals surface area contributed by atoms with Crippen LogP contribution in [0.4, 0.5) is 5.82 Å². The first-order valence-electron chi connectivity index (χ1n) is 10.8. The van der Waals surface area contributed by atoms with Gasteiger partial charge in [-0.1, -0.05) is 18.2 Å². The molecular weight excluding hydrogens is 406 g/mol. The molecule has 2 N–H and O–H groups in total. The van der Waals surface area contributed by atoms with Crippen molar-refractivity contribution >= 4 is 27.8 Å². The van der Waals surface area contributed by atoms with Crippen LogP contribution in [0.3, 0.4) is 0 Å². The van der Waals surface area contributed by atoms with Gasteiger partial charge in [-0.3, -0.25) is 4.98 Å². The molecule has 1 aliphatic heterocycles. The molecule has 0 aliphatic carbocycles. The second kappa shape index (κ2) is 8.12. The number of rotatable bonds is 6. The zero-order valence-corrected chi connectivity index (χ0v) is 18.5. The number of imidazole rings is 1. The van der Waals surface area contributed by atoms with Crippen molar-refractivity contribution in [1.29, 1.82) is 0 Å². The average Bonchev–Trinajstić information content (AvgIpc) is 3.32. The third kappa shape index (κ3) is 3.81. The van der Waals surface area contributed by atoms with E-state index in [1.54, 1.807) is 6.20 Å². The van der Waals surface area contributed by atoms with Crippen molar-refractivity contribution in [3.05, 3.63) is 48.5 Å². The maximum absolute atomic E-state index is 6.38. The van der Waals surface area contributed by atoms with Gasteiger partial charge in [-0.25, -0.2) is 9.97 Å². The molecule has 1 fully saturated rings. The van der Waals surface area contributed by atoms with Crippen LogP contribution in [0.2, 0.25) is 0 Å². The number of ether oxygens (including phenoxy) is 3. The minimum absolute atomic E-state index is 0.0955. The van der Waals surface area contributed by atoms with Gasteiger partial charge in [-0.2, -0.15) is 0 Å². The minimum atomic E-state index is -0.595. The van der Waals surface area contributed by atoms with E-state index >= 15 is 0 Å². The molecule has 32 heavy (non-hydrogen) atoms. The van der Waals surface area contributed by atoms with E-state index in [1.807, 2.05) is 45.2 Å². The molecular formula is C24H27N5O3. The summed E-state index contributed by atoms with van der Waals surface area (Å²) in [5, 5.41) is 0.982. The maximum Gasteiger partial charge on any atom is 0.163 e. The summed E-state index contributed by atoms with van der Waals surface area (Å²) >= 11 is 0. The lowest BCUT2D eigenvalue weighted by Gasteiger charge is -2.18. The predicted octanol–water partition coefficient (Wildman–Crippen LogP) is 3.92. The van der Waals surface area contributed by atoms with Crippen molar-refractivity contribution in [2.45, 2.75) is 45.8 Å². The smallest absolute Gasteiger partial charge is 0.163 e. The Hall–Kier alpha value is -3.07. The highest BCUT2D eigenvalue weighted by Gasteiger charge is 2.33. The quantitative estimate of drug-likeness (QED) is 0.492. The monoisotopic (exact) mass is 433 g/mol. The standard InChI is InChI=1S/C24H27N5O3/c1-4-30-14-20-28-21-22(29(20)12-17-13-31-24(2,3)32-17)18-8-7-15(10-19(18)27-23(21)25)16-6-5-9-26-11-16/h5-11,17H,4,12-14H2,1-3H3,(H2,25,27). The average molecular weight is 434 g/mol. The molecule has 0 bridgehead atoms. The third-order valence-electron chi connectivity index (χ3n) is 5.67. The first-order chi connectivity index (χ1) is 15.4. The first-order valence-corrected chi connectivity index (χ1v) is 10.8. The van der Waals surface area contributed by atoms with Crippen LogP contribution in [0, 0.1) is 0 Å². The number of nitrogens with two attached hydrogens (primary N) is 1. The van der Waals surface area contributed by atoms with E-state index in [9.17, 15) is 0 Å². The van der Waals surface area contributed by atoms with Crippen LogP contribution in [-0.2, 0) is 27.4 Å². The highest BCUT2D eigenvalue weighted by Crippen LogP contribution is 2.33. The van der Waals surface area contributed by atoms with Gasteiger partial charge >= 0.3 is 0 Å². The molecule has 0 amide bonds. The molecule has 0 radical (unpaired) electrons. The van der Waals surface area contributed by atoms with Crippen molar-refractivity contribution < 1.29 is 14.2 Å². The predicted molar refractivity (Wildman–Crippen MR) is 123 cm³/mol. The number of anilines is 1. The van der Waals surface area contributed by atoms with Crippen molar-refractivity contribution in [3.8, 4) is 11.1 Å². The molecule has 4 heterocycles. The fraction of sp³-hybridized carbons (Fsp3) is 0.375. The minimum Gasteiger partial charge on any atom is -0.382 e. The van der Waals surface area contributed by atoms with Crippen LogP contribution in [0.25, 0.3) is 33.1 Å². The molecule has 0 saturated carbocycles. The maximum atomic E-state index is 6.38. The van der Waals surface area contributed by atoms with Crippen LogP contribution in [0.5, 0.6) is 0 Å². The molecule has 1 atom stereocenters. The van der Waals surface area contributed by atoms with Gasteiger partial charge < -0.3 is 24.5 Å². The zero-order chi connectivity index (χ0) is 22.3. The van der Waals surface area contributed by atoms with Gasteiger partial charge in [-0.05, 0) is 38.5 Å². The number of fused-ring (bicyclic) bond motifs is 3. The van der Waals surface area contributed by atoms with Crippen molar-refractivity contribution in [1.82, 2.24) is 19.5 Å². The van der Waals surface area contributed by atoms with Crippen LogP contribution in [0.1, 0.15) is 26.6 Å². The first kappa shape index (κ1) is 20.8. The lowest BCUT2D eigenvalue weighted by Crippen LogP contribution is -2.25. The van der Waals surface area contributed by atoms with E-state index in [-0.39, 0.29) is 6.10 Å². The molecule has 8 heteroatoms. The van der Waals surface area contributed by atoms with E-state index in [1.165, 1.54) is 0 Å². The largest absolute Gasteiger partial charge is 0.382 e. The number of nitrogens with zero attached hydrogens (tertiary/aromatic N) is 4. The van der Waals surface area contributed by atoms with Crippen molar-refractivity contribution in [3.63, 3.8) is 0 Å². The van der Waals surface area contributed by atoms with Crippen molar-refractivity contribution in [2.75, 3.05) is 18.9 Å². The Morgan fingerprint density at radius 3 is 2.81 bits per heavy atom. The van der Waals surface area contributed by atoms with Gasteiger partial charge in [0.25, 0.3) is 0 Å². The summed E-state index contributed by atoms with van der Waals surface area (Å²) < 4.78 is 19.7. The summed E-state index contributed by atoms with van der Waals surface area (Å²) in [6.07, 6.45) is 3.51. The Bertz CT molecular complexity index is 1270. The van der Waals surface area contributed by atoms with Gasteiger partial charge in [0, 0.05) is 30.0 Å². The molecule has 4 aromatic rings. The number of hydrogen-bond acceptors (Lipinski definition) is 7. The molecule has 5 rings (SSSR count). The molecule has 1 aliphatic rings. The molecule has 166 valence electrons. The Morgan fingerprint density at radius 2 is 2.09 bits per heavy atom. The lowest BCUT2D eigenvalue weighted by molar-refractivity contribution is -0.139. The summed E-state index contributed by atoms with van der Waals surface area (Å²) in [4.78, 5) is 13.7. The van der Waals surface area contributed by atoms with Crippen LogP contribution >= 0.6 is 0 Å². The van der Waals surface area contributed by atoms with Gasteiger partial charge in [0.15, 0.2) is 11.6 Å². The second-order valence-electron chi connectivity index (χ2n) is 8.39. The molecule has 1 saturated heterocycles. The Morgan fingerprint density at radius 1 is 1.22 bits per heavy atom. The van der Waals surface area contributed by atoms with E-state index in [2.05, 4.69) is 26.7 Å². The Labute approximate surface area is 186 Å². The van der Waals surface area contributed by atoms with Crippen molar-refractivity contribution in [2.24, 2.45) is 0 Å². The van der Waals surface area contributed by atoms with E-state index in [0.717, 1.165) is 33.4 Å². The molecule has 3 aromatic heterocycles.